The number of para-hydroxylation sites is 1. The molecule has 0 spiro atoms. The summed E-state index contributed by atoms with van der Waals surface area (Å²) in [5.74, 6) is 2.50. The van der Waals surface area contributed by atoms with Crippen LogP contribution in [0, 0.1) is 5.92 Å². The Morgan fingerprint density at radius 1 is 1.37 bits per heavy atom. The predicted molar refractivity (Wildman–Crippen MR) is 72.0 cm³/mol. The van der Waals surface area contributed by atoms with Crippen LogP contribution in [0.1, 0.15) is 24.2 Å². The first-order chi connectivity index (χ1) is 9.22. The molecule has 0 radical (unpaired) electrons. The Morgan fingerprint density at radius 2 is 2.16 bits per heavy atom. The molecule has 1 atom stereocenters. The molecule has 1 aromatic heterocycles. The number of nitrogens with zero attached hydrogens (tertiary/aromatic N) is 2. The van der Waals surface area contributed by atoms with Crippen LogP contribution in [0.4, 0.5) is 0 Å². The van der Waals surface area contributed by atoms with Crippen LogP contribution >= 0.6 is 0 Å². The van der Waals surface area contributed by atoms with Gasteiger partial charge >= 0.3 is 0 Å². The maximum atomic E-state index is 5.58. The molecule has 5 nitrogen and oxygen atoms in total. The molecular weight excluding hydrogens is 242 g/mol. The Hall–Kier alpha value is -1.88. The van der Waals surface area contributed by atoms with Gasteiger partial charge in [-0.3, -0.25) is 0 Å². The maximum absolute atomic E-state index is 5.58. The second-order valence-corrected chi connectivity index (χ2v) is 4.64. The van der Waals surface area contributed by atoms with Crippen molar-refractivity contribution in [3.63, 3.8) is 0 Å². The number of methoxy groups -OCH3 is 1. The van der Waals surface area contributed by atoms with Crippen molar-refractivity contribution in [2.24, 2.45) is 11.7 Å². The molecule has 1 aromatic carbocycles. The number of nitrogens with two attached hydrogens (primary N) is 1. The van der Waals surface area contributed by atoms with Gasteiger partial charge in [0.25, 0.3) is 0 Å². The molecule has 2 aromatic rings. The average Bonchev–Trinajstić information content (AvgIpc) is 2.86. The largest absolute Gasteiger partial charge is 0.496 e. The summed E-state index contributed by atoms with van der Waals surface area (Å²) < 4.78 is 10.5. The van der Waals surface area contributed by atoms with Gasteiger partial charge in [0.2, 0.25) is 5.89 Å². The van der Waals surface area contributed by atoms with Gasteiger partial charge in [-0.25, -0.2) is 0 Å². The molecule has 5 heteroatoms. The van der Waals surface area contributed by atoms with Crippen molar-refractivity contribution in [3.8, 4) is 5.75 Å². The molecular formula is C14H19N3O2. The Labute approximate surface area is 112 Å². The smallest absolute Gasteiger partial charge is 0.226 e. The van der Waals surface area contributed by atoms with Crippen LogP contribution in [0.25, 0.3) is 0 Å². The molecule has 102 valence electrons. The normalized spacial score (nSPS) is 12.4. The predicted octanol–water partition coefficient (Wildman–Crippen LogP) is 1.81. The van der Waals surface area contributed by atoms with Crippen molar-refractivity contribution in [2.75, 3.05) is 13.7 Å². The highest BCUT2D eigenvalue weighted by Gasteiger charge is 2.12. The Bertz CT molecular complexity index is 525. The number of hydrogen-bond acceptors (Lipinski definition) is 5. The third kappa shape index (κ3) is 3.54. The summed E-state index contributed by atoms with van der Waals surface area (Å²) in [6.07, 6.45) is 1.32. The third-order valence-electron chi connectivity index (χ3n) is 2.98. The van der Waals surface area contributed by atoms with E-state index in [1.54, 1.807) is 7.11 Å². The van der Waals surface area contributed by atoms with Crippen molar-refractivity contribution in [3.05, 3.63) is 41.5 Å². The van der Waals surface area contributed by atoms with Crippen LogP contribution in [0.3, 0.4) is 0 Å². The van der Waals surface area contributed by atoms with E-state index in [2.05, 4.69) is 17.1 Å². The van der Waals surface area contributed by atoms with Crippen molar-refractivity contribution in [2.45, 2.75) is 19.8 Å². The van der Waals surface area contributed by atoms with Crippen LogP contribution in [0.2, 0.25) is 0 Å². The lowest BCUT2D eigenvalue weighted by Crippen LogP contribution is -2.13. The molecule has 0 fully saturated rings. The fraction of sp³-hybridized carbons (Fsp3) is 0.429. The second-order valence-electron chi connectivity index (χ2n) is 4.64. The van der Waals surface area contributed by atoms with Crippen molar-refractivity contribution in [1.82, 2.24) is 10.1 Å². The highest BCUT2D eigenvalue weighted by atomic mass is 16.5. The average molecular weight is 261 g/mol. The summed E-state index contributed by atoms with van der Waals surface area (Å²) in [6, 6.07) is 7.83. The van der Waals surface area contributed by atoms with E-state index >= 15 is 0 Å². The van der Waals surface area contributed by atoms with Gasteiger partial charge in [-0.15, -0.1) is 0 Å². The fourth-order valence-corrected chi connectivity index (χ4v) is 1.85. The molecule has 19 heavy (non-hydrogen) atoms. The van der Waals surface area contributed by atoms with Crippen LogP contribution in [0.15, 0.2) is 28.8 Å². The molecule has 0 amide bonds. The molecule has 0 bridgehead atoms. The highest BCUT2D eigenvalue weighted by Crippen LogP contribution is 2.20. The van der Waals surface area contributed by atoms with E-state index in [-0.39, 0.29) is 0 Å². The zero-order valence-electron chi connectivity index (χ0n) is 11.3. The molecule has 2 N–H and O–H groups in total. The van der Waals surface area contributed by atoms with Gasteiger partial charge in [-0.05, 0) is 18.5 Å². The van der Waals surface area contributed by atoms with Crippen molar-refractivity contribution >= 4 is 0 Å². The first kappa shape index (κ1) is 13.5. The van der Waals surface area contributed by atoms with Crippen LogP contribution < -0.4 is 10.5 Å². The van der Waals surface area contributed by atoms with Gasteiger partial charge < -0.3 is 15.0 Å². The Kier molecular flexibility index (Phi) is 4.52. The minimum atomic E-state index is 0.347. The Balaban J connectivity index is 2.07. The van der Waals surface area contributed by atoms with Crippen LogP contribution in [0.5, 0.6) is 5.75 Å². The van der Waals surface area contributed by atoms with Crippen molar-refractivity contribution < 1.29 is 9.26 Å². The molecule has 0 saturated heterocycles. The van der Waals surface area contributed by atoms with Crippen molar-refractivity contribution in [1.29, 1.82) is 0 Å². The van der Waals surface area contributed by atoms with Gasteiger partial charge in [0.1, 0.15) is 5.75 Å². The second kappa shape index (κ2) is 6.33. The number of aromatic nitrogens is 2. The van der Waals surface area contributed by atoms with Gasteiger partial charge in [0, 0.05) is 18.4 Å². The molecule has 0 aliphatic carbocycles. The lowest BCUT2D eigenvalue weighted by atomic mass is 10.1. The van der Waals surface area contributed by atoms with E-state index in [9.17, 15) is 0 Å². The van der Waals surface area contributed by atoms with E-state index in [0.29, 0.717) is 30.6 Å². The zero-order valence-corrected chi connectivity index (χ0v) is 11.3. The number of hydrogen-bond donors (Lipinski definition) is 1. The Morgan fingerprint density at radius 3 is 2.89 bits per heavy atom. The molecule has 0 aliphatic rings. The summed E-state index contributed by atoms with van der Waals surface area (Å²) in [7, 11) is 1.66. The molecule has 0 saturated carbocycles. The van der Waals surface area contributed by atoms with Gasteiger partial charge in [0.15, 0.2) is 5.82 Å². The SMILES string of the molecule is COc1ccccc1Cc1noc(CC(C)CN)n1. The summed E-state index contributed by atoms with van der Waals surface area (Å²) in [5, 5.41) is 3.99. The standard InChI is InChI=1S/C14H19N3O2/c1-10(9-15)7-14-16-13(17-19-14)8-11-5-3-4-6-12(11)18-2/h3-6,10H,7-9,15H2,1-2H3. The monoisotopic (exact) mass is 261 g/mol. The number of benzene rings is 1. The number of rotatable bonds is 6. The van der Waals surface area contributed by atoms with Crippen LogP contribution in [-0.2, 0) is 12.8 Å². The van der Waals surface area contributed by atoms with E-state index in [1.807, 2.05) is 24.3 Å². The number of ether oxygens (including phenoxy) is 1. The minimum Gasteiger partial charge on any atom is -0.496 e. The maximum Gasteiger partial charge on any atom is 0.226 e. The fourth-order valence-electron chi connectivity index (χ4n) is 1.85. The molecule has 1 unspecified atom stereocenters. The minimum absolute atomic E-state index is 0.347. The van der Waals surface area contributed by atoms with Gasteiger partial charge in [-0.1, -0.05) is 30.3 Å². The van der Waals surface area contributed by atoms with E-state index in [1.165, 1.54) is 0 Å². The molecule has 0 aliphatic heterocycles. The highest BCUT2D eigenvalue weighted by molar-refractivity contribution is 5.35. The van der Waals surface area contributed by atoms with Gasteiger partial charge in [-0.2, -0.15) is 4.98 Å². The summed E-state index contributed by atoms with van der Waals surface area (Å²) >= 11 is 0. The lowest BCUT2D eigenvalue weighted by molar-refractivity contribution is 0.355. The first-order valence-corrected chi connectivity index (χ1v) is 6.36. The van der Waals surface area contributed by atoms with E-state index in [4.69, 9.17) is 15.0 Å². The molecule has 1 heterocycles. The van der Waals surface area contributed by atoms with Crippen LogP contribution in [-0.4, -0.2) is 23.8 Å². The zero-order chi connectivity index (χ0) is 13.7. The third-order valence-corrected chi connectivity index (χ3v) is 2.98. The van der Waals surface area contributed by atoms with E-state index < -0.39 is 0 Å². The van der Waals surface area contributed by atoms with Gasteiger partial charge in [0.05, 0.1) is 7.11 Å². The molecule has 2 rings (SSSR count). The summed E-state index contributed by atoms with van der Waals surface area (Å²) in [5.41, 5.74) is 6.63. The van der Waals surface area contributed by atoms with E-state index in [0.717, 1.165) is 17.7 Å². The quantitative estimate of drug-likeness (QED) is 0.858. The summed E-state index contributed by atoms with van der Waals surface area (Å²) in [6.45, 7) is 2.67. The summed E-state index contributed by atoms with van der Waals surface area (Å²) in [4.78, 5) is 4.38. The first-order valence-electron chi connectivity index (χ1n) is 6.36. The topological polar surface area (TPSA) is 74.2 Å². The lowest BCUT2D eigenvalue weighted by Gasteiger charge is -2.05.